The van der Waals surface area contributed by atoms with Crippen molar-refractivity contribution in [3.8, 4) is 0 Å². The summed E-state index contributed by atoms with van der Waals surface area (Å²) in [5.74, 6) is 0.567. The van der Waals surface area contributed by atoms with Crippen LogP contribution in [0.4, 0.5) is 0 Å². The van der Waals surface area contributed by atoms with Crippen molar-refractivity contribution in [3.05, 3.63) is 63.9 Å². The van der Waals surface area contributed by atoms with Gasteiger partial charge >= 0.3 is 0 Å². The topological polar surface area (TPSA) is 52.2 Å². The smallest absolute Gasteiger partial charge is 0.182 e. The fourth-order valence-electron chi connectivity index (χ4n) is 3.88. The quantitative estimate of drug-likeness (QED) is 0.539. The molecule has 0 bridgehead atoms. The van der Waals surface area contributed by atoms with E-state index in [9.17, 15) is 5.11 Å². The van der Waals surface area contributed by atoms with E-state index in [4.69, 9.17) is 17.0 Å². The Labute approximate surface area is 192 Å². The normalized spacial score (nSPS) is 16.2. The second-order valence-electron chi connectivity index (χ2n) is 7.30. The van der Waals surface area contributed by atoms with Crippen LogP contribution in [0, 0.1) is 11.3 Å². The monoisotopic (exact) mass is 473 g/mol. The minimum atomic E-state index is -0.428. The minimum absolute atomic E-state index is 0. The van der Waals surface area contributed by atoms with Crippen molar-refractivity contribution in [2.75, 3.05) is 19.6 Å². The van der Waals surface area contributed by atoms with Crippen molar-refractivity contribution < 1.29 is 5.11 Å². The molecule has 4 nitrogen and oxygen atoms in total. The molecule has 8 heteroatoms. The number of nitrogens with zero attached hydrogens (tertiary/aromatic N) is 2. The average Bonchev–Trinajstić information content (AvgIpc) is 2.98. The molecule has 1 fully saturated rings. The number of thiazole rings is 1. The first-order valence-corrected chi connectivity index (χ1v) is 10.6. The van der Waals surface area contributed by atoms with Crippen LogP contribution in [0.5, 0.6) is 0 Å². The van der Waals surface area contributed by atoms with E-state index >= 15 is 0 Å². The lowest BCUT2D eigenvalue weighted by molar-refractivity contribution is 0.0867. The molecule has 2 N–H and O–H groups in total. The molecule has 1 aliphatic rings. The van der Waals surface area contributed by atoms with Crippen molar-refractivity contribution in [1.29, 1.82) is 5.41 Å². The predicted octanol–water partition coefficient (Wildman–Crippen LogP) is 5.12. The third kappa shape index (κ3) is 5.75. The summed E-state index contributed by atoms with van der Waals surface area (Å²) in [4.78, 5) is 2.94. The van der Waals surface area contributed by atoms with Crippen LogP contribution >= 0.6 is 47.8 Å². The summed E-state index contributed by atoms with van der Waals surface area (Å²) in [6, 6.07) is 15.8. The summed E-state index contributed by atoms with van der Waals surface area (Å²) < 4.78 is 3.20. The molecule has 2 aromatic carbocycles. The number of likely N-dealkylation sites (tertiary alicyclic amines) is 1. The molecule has 1 aromatic heterocycles. The number of benzene rings is 2. The average molecular weight is 475 g/mol. The van der Waals surface area contributed by atoms with Crippen molar-refractivity contribution in [2.45, 2.75) is 25.5 Å². The molecular weight excluding hydrogens is 449 g/mol. The van der Waals surface area contributed by atoms with E-state index in [-0.39, 0.29) is 24.8 Å². The highest BCUT2D eigenvalue weighted by molar-refractivity contribution is 7.16. The largest absolute Gasteiger partial charge is 0.387 e. The maximum Gasteiger partial charge on any atom is 0.182 e. The summed E-state index contributed by atoms with van der Waals surface area (Å²) in [7, 11) is 0. The number of piperidine rings is 1. The molecule has 0 spiro atoms. The van der Waals surface area contributed by atoms with Gasteiger partial charge in [-0.25, -0.2) is 0 Å². The van der Waals surface area contributed by atoms with Crippen LogP contribution < -0.4 is 4.80 Å². The van der Waals surface area contributed by atoms with Crippen LogP contribution in [0.3, 0.4) is 0 Å². The van der Waals surface area contributed by atoms with Crippen molar-refractivity contribution in [1.82, 2.24) is 9.47 Å². The van der Waals surface area contributed by atoms with E-state index in [1.807, 2.05) is 48.5 Å². The first kappa shape index (κ1) is 24.2. The van der Waals surface area contributed by atoms with Gasteiger partial charge < -0.3 is 14.6 Å². The van der Waals surface area contributed by atoms with Gasteiger partial charge in [0.15, 0.2) is 4.80 Å². The van der Waals surface area contributed by atoms with Crippen molar-refractivity contribution >= 4 is 58.0 Å². The molecule has 4 rings (SSSR count). The summed E-state index contributed by atoms with van der Waals surface area (Å²) in [6.45, 7) is 3.57. The molecule has 1 atom stereocenters. The number of rotatable bonds is 5. The summed E-state index contributed by atoms with van der Waals surface area (Å²) >= 11 is 7.57. The molecule has 0 unspecified atom stereocenters. The van der Waals surface area contributed by atoms with E-state index in [0.717, 1.165) is 53.3 Å². The van der Waals surface area contributed by atoms with E-state index in [1.54, 1.807) is 0 Å². The lowest BCUT2D eigenvalue weighted by Gasteiger charge is -2.33. The zero-order valence-electron chi connectivity index (χ0n) is 16.0. The van der Waals surface area contributed by atoms with Crippen LogP contribution in [0.1, 0.15) is 24.5 Å². The highest BCUT2D eigenvalue weighted by atomic mass is 35.5. The highest BCUT2D eigenvalue weighted by Gasteiger charge is 2.22. The van der Waals surface area contributed by atoms with Gasteiger partial charge in [0.25, 0.3) is 0 Å². The minimum Gasteiger partial charge on any atom is -0.387 e. The number of β-amino-alcohol motifs (C(OH)–C–C–N with tert-alkyl or cyclic N) is 1. The van der Waals surface area contributed by atoms with E-state index in [1.165, 1.54) is 11.3 Å². The first-order valence-electron chi connectivity index (χ1n) is 9.39. The van der Waals surface area contributed by atoms with Gasteiger partial charge in [-0.2, -0.15) is 0 Å². The van der Waals surface area contributed by atoms with Gasteiger partial charge in [0.1, 0.15) is 0 Å². The maximum absolute atomic E-state index is 10.4. The van der Waals surface area contributed by atoms with E-state index < -0.39 is 6.10 Å². The summed E-state index contributed by atoms with van der Waals surface area (Å²) in [5.41, 5.74) is 2.09. The van der Waals surface area contributed by atoms with Crippen LogP contribution in [0.25, 0.3) is 10.2 Å². The Morgan fingerprint density at radius 2 is 1.79 bits per heavy atom. The molecule has 0 amide bonds. The fourth-order valence-corrected chi connectivity index (χ4v) is 5.07. The zero-order valence-corrected chi connectivity index (χ0v) is 19.2. The predicted molar refractivity (Wildman–Crippen MR) is 126 cm³/mol. The zero-order chi connectivity index (χ0) is 18.8. The summed E-state index contributed by atoms with van der Waals surface area (Å²) in [5, 5.41) is 19.5. The third-order valence-electron chi connectivity index (χ3n) is 5.43. The fraction of sp³-hybridized carbons (Fsp3) is 0.381. The lowest BCUT2D eigenvalue weighted by atomic mass is 9.96. The number of aliphatic hydroxyl groups is 1. The second-order valence-corrected chi connectivity index (χ2v) is 8.77. The number of aliphatic hydroxyl groups excluding tert-OH is 1. The maximum atomic E-state index is 10.4. The van der Waals surface area contributed by atoms with E-state index in [2.05, 4.69) is 9.47 Å². The van der Waals surface area contributed by atoms with Crippen molar-refractivity contribution in [2.24, 2.45) is 5.92 Å². The number of aromatic nitrogens is 1. The number of hydrogen-bond acceptors (Lipinski definition) is 4. The molecule has 0 aliphatic carbocycles. The summed E-state index contributed by atoms with van der Waals surface area (Å²) in [6.07, 6.45) is 1.76. The Bertz CT molecular complexity index is 968. The Morgan fingerprint density at radius 1 is 1.10 bits per heavy atom. The van der Waals surface area contributed by atoms with Crippen LogP contribution in [-0.2, 0) is 6.54 Å². The Hall–Kier alpha value is -1.08. The molecule has 1 aliphatic heterocycles. The van der Waals surface area contributed by atoms with Gasteiger partial charge in [-0.05, 0) is 55.6 Å². The van der Waals surface area contributed by atoms with Gasteiger partial charge in [-0.15, -0.1) is 24.8 Å². The highest BCUT2D eigenvalue weighted by Crippen LogP contribution is 2.26. The Morgan fingerprint density at radius 3 is 2.48 bits per heavy atom. The Kier molecular flexibility index (Phi) is 9.01. The number of halogens is 3. The van der Waals surface area contributed by atoms with Gasteiger partial charge in [0.2, 0.25) is 0 Å². The molecular formula is C21H26Cl3N3OS. The van der Waals surface area contributed by atoms with Crippen LogP contribution in [0.15, 0.2) is 48.5 Å². The standard InChI is InChI=1S/C21H24ClN3OS.2ClH/c22-17-6-7-18-20(12-17)27-21(23)25(18)13-15-8-10-24(11-9-15)14-19(26)16-4-2-1-3-5-16;;/h1-7,12,15,19,23,26H,8-11,13-14H2;2*1H/t19-;;/m0../s1. The number of hydrogen-bond donors (Lipinski definition) is 2. The van der Waals surface area contributed by atoms with Crippen LogP contribution in [0.2, 0.25) is 5.02 Å². The van der Waals surface area contributed by atoms with Gasteiger partial charge in [-0.1, -0.05) is 53.3 Å². The Balaban J connectivity index is 0.00000150. The molecule has 2 heterocycles. The molecule has 3 aromatic rings. The third-order valence-corrected chi connectivity index (χ3v) is 6.62. The number of fused-ring (bicyclic) bond motifs is 1. The van der Waals surface area contributed by atoms with Gasteiger partial charge in [0.05, 0.1) is 16.3 Å². The molecule has 158 valence electrons. The SMILES string of the molecule is Cl.Cl.N=c1sc2cc(Cl)ccc2n1CC1CCN(C[C@H](O)c2ccccc2)CC1. The lowest BCUT2D eigenvalue weighted by Crippen LogP contribution is -2.38. The molecule has 0 saturated carbocycles. The van der Waals surface area contributed by atoms with Crippen LogP contribution in [-0.4, -0.2) is 34.2 Å². The van der Waals surface area contributed by atoms with Crippen molar-refractivity contribution in [3.63, 3.8) is 0 Å². The second kappa shape index (κ2) is 10.8. The van der Waals surface area contributed by atoms with Gasteiger partial charge in [0, 0.05) is 18.1 Å². The number of nitrogens with one attached hydrogen (secondary N) is 1. The molecule has 0 radical (unpaired) electrons. The molecule has 1 saturated heterocycles. The molecule has 29 heavy (non-hydrogen) atoms. The first-order chi connectivity index (χ1) is 13.1. The van der Waals surface area contributed by atoms with Gasteiger partial charge in [-0.3, -0.25) is 5.41 Å². The van der Waals surface area contributed by atoms with E-state index in [0.29, 0.717) is 17.3 Å².